The molecule has 3 nitrogen and oxygen atoms in total. The lowest BCUT2D eigenvalue weighted by atomic mass is 10.2. The molecule has 0 bridgehead atoms. The minimum Gasteiger partial charge on any atom is -0.274 e. The molecule has 5 heteroatoms. The van der Waals surface area contributed by atoms with Gasteiger partial charge in [-0.05, 0) is 29.8 Å². The molecule has 16 heavy (non-hydrogen) atoms. The van der Waals surface area contributed by atoms with Crippen LogP contribution in [0.25, 0.3) is 6.08 Å². The van der Waals surface area contributed by atoms with Crippen molar-refractivity contribution in [2.45, 2.75) is 0 Å². The number of halogens is 2. The molecular formula is C11H11Cl2NO2. The number of hydrogen-bond donors (Lipinski definition) is 0. The van der Waals surface area contributed by atoms with Crippen LogP contribution >= 0.6 is 23.2 Å². The molecule has 0 saturated carbocycles. The van der Waals surface area contributed by atoms with Crippen molar-refractivity contribution in [1.82, 2.24) is 5.06 Å². The number of hydrogen-bond acceptors (Lipinski definition) is 2. The maximum Gasteiger partial charge on any atom is 0.269 e. The zero-order valence-corrected chi connectivity index (χ0v) is 10.4. The van der Waals surface area contributed by atoms with Crippen molar-refractivity contribution in [2.75, 3.05) is 14.2 Å². The molecule has 0 unspecified atom stereocenters. The first-order valence-corrected chi connectivity index (χ1v) is 5.25. The van der Waals surface area contributed by atoms with Crippen LogP contribution in [0, 0.1) is 0 Å². The van der Waals surface area contributed by atoms with Gasteiger partial charge in [0, 0.05) is 23.2 Å². The highest BCUT2D eigenvalue weighted by molar-refractivity contribution is 6.34. The molecule has 0 N–H and O–H groups in total. The Bertz CT molecular complexity index is 418. The highest BCUT2D eigenvalue weighted by Gasteiger charge is 2.03. The van der Waals surface area contributed by atoms with Crippen molar-refractivity contribution in [3.63, 3.8) is 0 Å². The third kappa shape index (κ3) is 3.52. The summed E-state index contributed by atoms with van der Waals surface area (Å²) in [4.78, 5) is 16.1. The number of likely N-dealkylation sites (N-methyl/N-ethyl adjacent to an activating group) is 1. The lowest BCUT2D eigenvalue weighted by Gasteiger charge is -2.10. The second-order valence-electron chi connectivity index (χ2n) is 3.02. The largest absolute Gasteiger partial charge is 0.274 e. The third-order valence-electron chi connectivity index (χ3n) is 1.95. The molecular weight excluding hydrogens is 249 g/mol. The third-order valence-corrected chi connectivity index (χ3v) is 2.53. The molecule has 0 atom stereocenters. The standard InChI is InChI=1S/C11H11Cl2NO2/c1-14(16-2)11(15)6-3-8-7-9(12)4-5-10(8)13/h3-7H,1-2H3/b6-3+. The van der Waals surface area contributed by atoms with Gasteiger partial charge >= 0.3 is 0 Å². The number of hydroxylamine groups is 2. The minimum atomic E-state index is -0.279. The van der Waals surface area contributed by atoms with E-state index in [9.17, 15) is 4.79 Å². The van der Waals surface area contributed by atoms with Gasteiger partial charge in [-0.3, -0.25) is 9.63 Å². The van der Waals surface area contributed by atoms with E-state index in [4.69, 9.17) is 28.0 Å². The van der Waals surface area contributed by atoms with Crippen molar-refractivity contribution in [2.24, 2.45) is 0 Å². The Morgan fingerprint density at radius 2 is 2.12 bits per heavy atom. The van der Waals surface area contributed by atoms with E-state index in [-0.39, 0.29) is 5.91 Å². The molecule has 0 fully saturated rings. The van der Waals surface area contributed by atoms with Gasteiger partial charge in [-0.1, -0.05) is 23.2 Å². The van der Waals surface area contributed by atoms with Crippen LogP contribution in [-0.4, -0.2) is 25.1 Å². The van der Waals surface area contributed by atoms with E-state index in [0.717, 1.165) is 5.06 Å². The molecule has 1 aromatic carbocycles. The van der Waals surface area contributed by atoms with E-state index >= 15 is 0 Å². The number of amides is 1. The van der Waals surface area contributed by atoms with Gasteiger partial charge in [-0.2, -0.15) is 0 Å². The summed E-state index contributed by atoms with van der Waals surface area (Å²) >= 11 is 11.7. The molecule has 0 spiro atoms. The van der Waals surface area contributed by atoms with Crippen molar-refractivity contribution < 1.29 is 9.63 Å². The number of rotatable bonds is 3. The van der Waals surface area contributed by atoms with Crippen LogP contribution in [0.15, 0.2) is 24.3 Å². The van der Waals surface area contributed by atoms with E-state index in [1.54, 1.807) is 24.3 Å². The number of carbonyl (C=O) groups is 1. The molecule has 0 aliphatic rings. The zero-order chi connectivity index (χ0) is 12.1. The van der Waals surface area contributed by atoms with Crippen molar-refractivity contribution in [1.29, 1.82) is 0 Å². The topological polar surface area (TPSA) is 29.5 Å². The maximum absolute atomic E-state index is 11.4. The molecule has 86 valence electrons. The molecule has 1 aromatic rings. The summed E-state index contributed by atoms with van der Waals surface area (Å²) in [6.45, 7) is 0. The van der Waals surface area contributed by atoms with Gasteiger partial charge in [0.05, 0.1) is 7.11 Å². The summed E-state index contributed by atoms with van der Waals surface area (Å²) in [5.41, 5.74) is 0.687. The molecule has 1 amide bonds. The van der Waals surface area contributed by atoms with Gasteiger partial charge in [0.2, 0.25) is 0 Å². The van der Waals surface area contributed by atoms with Gasteiger partial charge in [-0.15, -0.1) is 0 Å². The summed E-state index contributed by atoms with van der Waals surface area (Å²) in [7, 11) is 2.93. The van der Waals surface area contributed by atoms with Crippen LogP contribution in [0.5, 0.6) is 0 Å². The predicted molar refractivity (Wildman–Crippen MR) is 65.3 cm³/mol. The first-order valence-electron chi connectivity index (χ1n) is 4.49. The van der Waals surface area contributed by atoms with E-state index in [1.165, 1.54) is 20.2 Å². The SMILES string of the molecule is CON(C)C(=O)/C=C/c1cc(Cl)ccc1Cl. The van der Waals surface area contributed by atoms with Crippen molar-refractivity contribution in [3.05, 3.63) is 39.9 Å². The van der Waals surface area contributed by atoms with E-state index in [2.05, 4.69) is 0 Å². The lowest BCUT2D eigenvalue weighted by Crippen LogP contribution is -2.22. The summed E-state index contributed by atoms with van der Waals surface area (Å²) in [6.07, 6.45) is 2.95. The second-order valence-corrected chi connectivity index (χ2v) is 3.86. The molecule has 0 radical (unpaired) electrons. The molecule has 0 heterocycles. The Hall–Kier alpha value is -1.03. The quantitative estimate of drug-likeness (QED) is 0.617. The lowest BCUT2D eigenvalue weighted by molar-refractivity contribution is -0.162. The van der Waals surface area contributed by atoms with E-state index in [1.807, 2.05) is 0 Å². The first kappa shape index (κ1) is 13.0. The molecule has 1 rings (SSSR count). The summed E-state index contributed by atoms with van der Waals surface area (Å²) in [5, 5.41) is 2.21. The summed E-state index contributed by atoms with van der Waals surface area (Å²) in [6, 6.07) is 5.04. The molecule has 0 aliphatic heterocycles. The maximum atomic E-state index is 11.4. The van der Waals surface area contributed by atoms with Gasteiger partial charge in [-0.25, -0.2) is 5.06 Å². The summed E-state index contributed by atoms with van der Waals surface area (Å²) in [5.74, 6) is -0.279. The highest BCUT2D eigenvalue weighted by Crippen LogP contribution is 2.21. The Labute approximate surface area is 104 Å². The Morgan fingerprint density at radius 1 is 1.44 bits per heavy atom. The fourth-order valence-electron chi connectivity index (χ4n) is 0.998. The van der Waals surface area contributed by atoms with Gasteiger partial charge in [0.1, 0.15) is 0 Å². The number of benzene rings is 1. The minimum absolute atomic E-state index is 0.279. The Balaban J connectivity index is 2.84. The van der Waals surface area contributed by atoms with Crippen molar-refractivity contribution in [3.8, 4) is 0 Å². The van der Waals surface area contributed by atoms with Crippen molar-refractivity contribution >= 4 is 35.2 Å². The van der Waals surface area contributed by atoms with Gasteiger partial charge in [0.15, 0.2) is 0 Å². The van der Waals surface area contributed by atoms with Gasteiger partial charge < -0.3 is 0 Å². The Kier molecular flexibility index (Phi) is 4.80. The average molecular weight is 260 g/mol. The molecule has 0 saturated heterocycles. The monoisotopic (exact) mass is 259 g/mol. The highest BCUT2D eigenvalue weighted by atomic mass is 35.5. The number of nitrogens with zero attached hydrogens (tertiary/aromatic N) is 1. The van der Waals surface area contributed by atoms with Crippen LogP contribution in [0.2, 0.25) is 10.0 Å². The predicted octanol–water partition coefficient (Wildman–Crippen LogP) is 3.03. The van der Waals surface area contributed by atoms with Gasteiger partial charge in [0.25, 0.3) is 5.91 Å². The Morgan fingerprint density at radius 3 is 2.75 bits per heavy atom. The fourth-order valence-corrected chi connectivity index (χ4v) is 1.36. The summed E-state index contributed by atoms with van der Waals surface area (Å²) < 4.78 is 0. The first-order chi connectivity index (χ1) is 7.54. The molecule has 0 aliphatic carbocycles. The zero-order valence-electron chi connectivity index (χ0n) is 8.91. The van der Waals surface area contributed by atoms with Crippen LogP contribution < -0.4 is 0 Å². The van der Waals surface area contributed by atoms with E-state index in [0.29, 0.717) is 15.6 Å². The smallest absolute Gasteiger partial charge is 0.269 e. The van der Waals surface area contributed by atoms with Crippen LogP contribution in [-0.2, 0) is 9.63 Å². The number of carbonyl (C=O) groups excluding carboxylic acids is 1. The normalized spacial score (nSPS) is 10.8. The van der Waals surface area contributed by atoms with Crippen LogP contribution in [0.1, 0.15) is 5.56 Å². The second kappa shape index (κ2) is 5.89. The van der Waals surface area contributed by atoms with Crippen LogP contribution in [0.4, 0.5) is 0 Å². The average Bonchev–Trinajstić information content (AvgIpc) is 2.28. The fraction of sp³-hybridized carbons (Fsp3) is 0.182. The molecule has 0 aromatic heterocycles. The van der Waals surface area contributed by atoms with E-state index < -0.39 is 0 Å². The van der Waals surface area contributed by atoms with Crippen LogP contribution in [0.3, 0.4) is 0 Å².